The van der Waals surface area contributed by atoms with Crippen LogP contribution in [0.2, 0.25) is 0 Å². The van der Waals surface area contributed by atoms with Gasteiger partial charge in [0.25, 0.3) is 0 Å². The van der Waals surface area contributed by atoms with Gasteiger partial charge in [-0.2, -0.15) is 0 Å². The van der Waals surface area contributed by atoms with E-state index in [0.717, 1.165) is 51.0 Å². The first-order valence-corrected chi connectivity index (χ1v) is 10.8. The van der Waals surface area contributed by atoms with Gasteiger partial charge in [0.05, 0.1) is 5.92 Å². The number of hydrogen-bond acceptors (Lipinski definition) is 3. The minimum absolute atomic E-state index is 0.0398. The Morgan fingerprint density at radius 3 is 2.67 bits per heavy atom. The first kappa shape index (κ1) is 20.3. The molecular formula is C26H29N3O. The Balaban J connectivity index is 1.42. The molecule has 0 radical (unpaired) electrons. The van der Waals surface area contributed by atoms with E-state index in [2.05, 4.69) is 75.9 Å². The van der Waals surface area contributed by atoms with Crippen LogP contribution >= 0.6 is 0 Å². The second-order valence-corrected chi connectivity index (χ2v) is 7.98. The molecule has 154 valence electrons. The van der Waals surface area contributed by atoms with E-state index in [9.17, 15) is 4.79 Å². The summed E-state index contributed by atoms with van der Waals surface area (Å²) in [6.07, 6.45) is 6.61. The van der Waals surface area contributed by atoms with Crippen molar-refractivity contribution >= 4 is 5.91 Å². The zero-order valence-electron chi connectivity index (χ0n) is 17.3. The minimum Gasteiger partial charge on any atom is -0.355 e. The average Bonchev–Trinajstić information content (AvgIpc) is 2.96. The molecule has 1 saturated heterocycles. The summed E-state index contributed by atoms with van der Waals surface area (Å²) in [4.78, 5) is 19.5. The predicted molar refractivity (Wildman–Crippen MR) is 121 cm³/mol. The van der Waals surface area contributed by atoms with Crippen molar-refractivity contribution in [3.05, 3.63) is 90.3 Å². The van der Waals surface area contributed by atoms with Crippen LogP contribution in [0.15, 0.2) is 79.1 Å². The van der Waals surface area contributed by atoms with E-state index in [4.69, 9.17) is 0 Å². The third kappa shape index (κ3) is 5.33. The number of carbonyl (C=O) groups excluding carboxylic acids is 1. The van der Waals surface area contributed by atoms with Crippen LogP contribution in [0.5, 0.6) is 0 Å². The number of aryl methyl sites for hydroxylation is 1. The lowest BCUT2D eigenvalue weighted by Gasteiger charge is -2.23. The van der Waals surface area contributed by atoms with E-state index >= 15 is 0 Å². The molecule has 0 aliphatic carbocycles. The number of nitrogens with zero attached hydrogens (tertiary/aromatic N) is 2. The highest BCUT2D eigenvalue weighted by Gasteiger charge is 2.25. The second-order valence-electron chi connectivity index (χ2n) is 7.98. The number of pyridine rings is 1. The van der Waals surface area contributed by atoms with Crippen molar-refractivity contribution in [2.75, 3.05) is 26.2 Å². The van der Waals surface area contributed by atoms with E-state index in [-0.39, 0.29) is 11.8 Å². The van der Waals surface area contributed by atoms with Crippen LogP contribution < -0.4 is 5.32 Å². The first-order valence-electron chi connectivity index (χ1n) is 10.8. The van der Waals surface area contributed by atoms with Crippen LogP contribution in [-0.4, -0.2) is 42.0 Å². The van der Waals surface area contributed by atoms with Crippen molar-refractivity contribution in [2.45, 2.75) is 19.3 Å². The summed E-state index contributed by atoms with van der Waals surface area (Å²) in [5.74, 6) is 0.128. The molecule has 1 aliphatic rings. The molecule has 1 atom stereocenters. The molecule has 1 N–H and O–H groups in total. The lowest BCUT2D eigenvalue weighted by Crippen LogP contribution is -2.34. The van der Waals surface area contributed by atoms with Gasteiger partial charge in [-0.3, -0.25) is 9.78 Å². The maximum atomic E-state index is 12.8. The van der Waals surface area contributed by atoms with Crippen molar-refractivity contribution in [1.29, 1.82) is 0 Å². The van der Waals surface area contributed by atoms with Crippen molar-refractivity contribution in [2.24, 2.45) is 5.92 Å². The Labute approximate surface area is 179 Å². The topological polar surface area (TPSA) is 45.2 Å². The van der Waals surface area contributed by atoms with Crippen molar-refractivity contribution in [3.63, 3.8) is 0 Å². The van der Waals surface area contributed by atoms with Crippen LogP contribution in [0, 0.1) is 5.92 Å². The normalized spacial score (nSPS) is 17.3. The van der Waals surface area contributed by atoms with Crippen molar-refractivity contribution < 1.29 is 4.79 Å². The van der Waals surface area contributed by atoms with Gasteiger partial charge in [0.1, 0.15) is 0 Å². The Hall–Kier alpha value is -2.98. The molecule has 0 bridgehead atoms. The largest absolute Gasteiger partial charge is 0.355 e. The monoisotopic (exact) mass is 399 g/mol. The molecule has 0 spiro atoms. The fourth-order valence-corrected chi connectivity index (χ4v) is 4.25. The quantitative estimate of drug-likeness (QED) is 0.654. The standard InChI is InChI=1S/C26H29N3O/c30-26-24(18-22-11-4-5-13-25(22)23-12-6-14-27-19-23)20-29(17-15-28-26)16-7-10-21-8-2-1-3-9-21/h1-6,8-9,11-14,19,24H,7,10,15-18,20H2,(H,28,30). The molecule has 2 heterocycles. The molecule has 1 amide bonds. The van der Waals surface area contributed by atoms with Crippen molar-refractivity contribution in [3.8, 4) is 11.1 Å². The van der Waals surface area contributed by atoms with Gasteiger partial charge in [0, 0.05) is 37.6 Å². The van der Waals surface area contributed by atoms with Gasteiger partial charge < -0.3 is 10.2 Å². The van der Waals surface area contributed by atoms with E-state index in [1.54, 1.807) is 6.20 Å². The number of hydrogen-bond donors (Lipinski definition) is 1. The molecule has 1 unspecified atom stereocenters. The molecular weight excluding hydrogens is 370 g/mol. The van der Waals surface area contributed by atoms with Crippen LogP contribution in [-0.2, 0) is 17.6 Å². The molecule has 4 rings (SSSR count). The number of carbonyl (C=O) groups is 1. The summed E-state index contributed by atoms with van der Waals surface area (Å²) >= 11 is 0. The Kier molecular flexibility index (Phi) is 6.88. The highest BCUT2D eigenvalue weighted by molar-refractivity contribution is 5.80. The van der Waals surface area contributed by atoms with Crippen LogP contribution in [0.1, 0.15) is 17.5 Å². The number of nitrogens with one attached hydrogen (secondary N) is 1. The lowest BCUT2D eigenvalue weighted by atomic mass is 9.92. The van der Waals surface area contributed by atoms with Crippen LogP contribution in [0.25, 0.3) is 11.1 Å². The summed E-state index contributed by atoms with van der Waals surface area (Å²) < 4.78 is 0. The summed E-state index contributed by atoms with van der Waals surface area (Å²) in [5.41, 5.74) is 4.85. The van der Waals surface area contributed by atoms with E-state index in [1.807, 2.05) is 12.3 Å². The third-order valence-electron chi connectivity index (χ3n) is 5.82. The molecule has 30 heavy (non-hydrogen) atoms. The second kappa shape index (κ2) is 10.2. The zero-order chi connectivity index (χ0) is 20.6. The van der Waals surface area contributed by atoms with E-state index < -0.39 is 0 Å². The maximum absolute atomic E-state index is 12.8. The van der Waals surface area contributed by atoms with Gasteiger partial charge in [-0.05, 0) is 48.6 Å². The maximum Gasteiger partial charge on any atom is 0.224 e. The van der Waals surface area contributed by atoms with Gasteiger partial charge in [0.2, 0.25) is 5.91 Å². The summed E-state index contributed by atoms with van der Waals surface area (Å²) in [6.45, 7) is 3.47. The summed E-state index contributed by atoms with van der Waals surface area (Å²) in [5, 5.41) is 3.12. The van der Waals surface area contributed by atoms with Gasteiger partial charge in [-0.1, -0.05) is 60.7 Å². The molecule has 3 aromatic rings. The fraction of sp³-hybridized carbons (Fsp3) is 0.308. The summed E-state index contributed by atoms with van der Waals surface area (Å²) in [6, 6.07) is 23.0. The summed E-state index contributed by atoms with van der Waals surface area (Å²) in [7, 11) is 0. The molecule has 2 aromatic carbocycles. The van der Waals surface area contributed by atoms with E-state index in [1.165, 1.54) is 16.7 Å². The van der Waals surface area contributed by atoms with Gasteiger partial charge >= 0.3 is 0 Å². The number of benzene rings is 2. The highest BCUT2D eigenvalue weighted by Crippen LogP contribution is 2.26. The van der Waals surface area contributed by atoms with Gasteiger partial charge in [0.15, 0.2) is 0 Å². The number of aromatic nitrogens is 1. The average molecular weight is 400 g/mol. The third-order valence-corrected chi connectivity index (χ3v) is 5.82. The van der Waals surface area contributed by atoms with E-state index in [0.29, 0.717) is 0 Å². The smallest absolute Gasteiger partial charge is 0.224 e. The van der Waals surface area contributed by atoms with Gasteiger partial charge in [-0.15, -0.1) is 0 Å². The Morgan fingerprint density at radius 2 is 1.83 bits per heavy atom. The van der Waals surface area contributed by atoms with Crippen LogP contribution in [0.3, 0.4) is 0 Å². The molecule has 4 nitrogen and oxygen atoms in total. The molecule has 1 fully saturated rings. The molecule has 4 heteroatoms. The van der Waals surface area contributed by atoms with Gasteiger partial charge in [-0.25, -0.2) is 0 Å². The highest BCUT2D eigenvalue weighted by atomic mass is 16.1. The molecule has 0 saturated carbocycles. The fourth-order valence-electron chi connectivity index (χ4n) is 4.25. The molecule has 1 aromatic heterocycles. The SMILES string of the molecule is O=C1NCCN(CCCc2ccccc2)CC1Cc1ccccc1-c1cccnc1. The predicted octanol–water partition coefficient (Wildman–Crippen LogP) is 3.97. The lowest BCUT2D eigenvalue weighted by molar-refractivity contribution is -0.124. The Bertz CT molecular complexity index is 943. The first-order chi connectivity index (χ1) is 14.8. The van der Waals surface area contributed by atoms with Crippen LogP contribution in [0.4, 0.5) is 0 Å². The number of rotatable bonds is 7. The number of amides is 1. The minimum atomic E-state index is -0.0398. The zero-order valence-corrected chi connectivity index (χ0v) is 17.3. The Morgan fingerprint density at radius 1 is 1.00 bits per heavy atom. The molecule has 1 aliphatic heterocycles. The van der Waals surface area contributed by atoms with Crippen molar-refractivity contribution in [1.82, 2.24) is 15.2 Å².